The third-order valence-corrected chi connectivity index (χ3v) is 3.92. The molecule has 1 aromatic heterocycles. The van der Waals surface area contributed by atoms with Gasteiger partial charge in [-0.2, -0.15) is 5.10 Å². The highest BCUT2D eigenvalue weighted by atomic mass is 35.5. The molecular formula is C19H12Cl2N2O4. The summed E-state index contributed by atoms with van der Waals surface area (Å²) in [5.41, 5.74) is 3.33. The summed E-state index contributed by atoms with van der Waals surface area (Å²) in [5.74, 6) is -0.583. The molecule has 8 heteroatoms. The number of hydrogen-bond acceptors (Lipinski definition) is 5. The Kier molecular flexibility index (Phi) is 5.90. The SMILES string of the molecule is O=C(Oc1ccc(/C=N\NC(=O)c2ccc(Cl)cc2Cl)cc1)c1ccco1. The van der Waals surface area contributed by atoms with Crippen molar-refractivity contribution in [2.45, 2.75) is 0 Å². The second-order valence-corrected chi connectivity index (χ2v) is 6.10. The van der Waals surface area contributed by atoms with E-state index in [9.17, 15) is 9.59 Å². The first kappa shape index (κ1) is 18.7. The molecule has 0 radical (unpaired) electrons. The van der Waals surface area contributed by atoms with E-state index in [-0.39, 0.29) is 16.3 Å². The zero-order chi connectivity index (χ0) is 19.2. The Bertz CT molecular complexity index is 983. The number of halogens is 2. The van der Waals surface area contributed by atoms with Crippen molar-refractivity contribution in [2.24, 2.45) is 5.10 Å². The van der Waals surface area contributed by atoms with E-state index in [2.05, 4.69) is 10.5 Å². The van der Waals surface area contributed by atoms with Crippen molar-refractivity contribution in [1.29, 1.82) is 0 Å². The van der Waals surface area contributed by atoms with E-state index in [0.29, 0.717) is 16.3 Å². The van der Waals surface area contributed by atoms with Gasteiger partial charge in [0.25, 0.3) is 5.91 Å². The minimum atomic E-state index is -0.589. The summed E-state index contributed by atoms with van der Waals surface area (Å²) in [6.07, 6.45) is 2.83. The highest BCUT2D eigenvalue weighted by molar-refractivity contribution is 6.36. The lowest BCUT2D eigenvalue weighted by atomic mass is 10.2. The van der Waals surface area contributed by atoms with Crippen LogP contribution in [-0.4, -0.2) is 18.1 Å². The van der Waals surface area contributed by atoms with E-state index in [0.717, 1.165) is 0 Å². The minimum Gasteiger partial charge on any atom is -0.457 e. The lowest BCUT2D eigenvalue weighted by molar-refractivity contribution is 0.0701. The Hall–Kier alpha value is -3.09. The highest BCUT2D eigenvalue weighted by Gasteiger charge is 2.11. The first-order valence-corrected chi connectivity index (χ1v) is 8.43. The molecule has 1 amide bonds. The summed E-state index contributed by atoms with van der Waals surface area (Å²) < 4.78 is 10.1. The number of benzene rings is 2. The van der Waals surface area contributed by atoms with Crippen molar-refractivity contribution in [3.8, 4) is 5.75 Å². The van der Waals surface area contributed by atoms with Gasteiger partial charge in [-0.15, -0.1) is 0 Å². The van der Waals surface area contributed by atoms with E-state index >= 15 is 0 Å². The molecule has 27 heavy (non-hydrogen) atoms. The largest absolute Gasteiger partial charge is 0.457 e. The summed E-state index contributed by atoms with van der Waals surface area (Å²) in [6, 6.07) is 14.2. The smallest absolute Gasteiger partial charge is 0.379 e. The van der Waals surface area contributed by atoms with E-state index in [4.69, 9.17) is 32.4 Å². The van der Waals surface area contributed by atoms with Crippen molar-refractivity contribution in [2.75, 3.05) is 0 Å². The van der Waals surface area contributed by atoms with Gasteiger partial charge in [-0.05, 0) is 60.2 Å². The van der Waals surface area contributed by atoms with Crippen LogP contribution in [0.4, 0.5) is 0 Å². The molecule has 0 aliphatic heterocycles. The van der Waals surface area contributed by atoms with Crippen molar-refractivity contribution in [3.05, 3.63) is 87.8 Å². The fraction of sp³-hybridized carbons (Fsp3) is 0. The third-order valence-electron chi connectivity index (χ3n) is 3.37. The van der Waals surface area contributed by atoms with Crippen molar-refractivity contribution in [3.63, 3.8) is 0 Å². The summed E-state index contributed by atoms with van der Waals surface area (Å²) in [6.45, 7) is 0. The lowest BCUT2D eigenvalue weighted by Gasteiger charge is -2.03. The fourth-order valence-corrected chi connectivity index (χ4v) is 2.57. The lowest BCUT2D eigenvalue weighted by Crippen LogP contribution is -2.18. The quantitative estimate of drug-likeness (QED) is 0.293. The molecule has 0 aliphatic rings. The van der Waals surface area contributed by atoms with Crippen LogP contribution in [0.2, 0.25) is 10.0 Å². The number of ether oxygens (including phenoxy) is 1. The maximum atomic E-state index is 12.0. The number of esters is 1. The van der Waals surface area contributed by atoms with Crippen LogP contribution in [0.1, 0.15) is 26.5 Å². The second-order valence-electron chi connectivity index (χ2n) is 5.26. The number of carbonyl (C=O) groups is 2. The van der Waals surface area contributed by atoms with Gasteiger partial charge in [0.2, 0.25) is 5.76 Å². The normalized spacial score (nSPS) is 10.7. The molecule has 6 nitrogen and oxygen atoms in total. The van der Waals surface area contributed by atoms with Crippen molar-refractivity contribution < 1.29 is 18.7 Å². The molecule has 0 saturated heterocycles. The molecule has 0 unspecified atom stereocenters. The van der Waals surface area contributed by atoms with Gasteiger partial charge < -0.3 is 9.15 Å². The van der Waals surface area contributed by atoms with Crippen LogP contribution in [0.25, 0.3) is 0 Å². The summed E-state index contributed by atoms with van der Waals surface area (Å²) in [5, 5.41) is 4.55. The standard InChI is InChI=1S/C19H12Cl2N2O4/c20-13-5-8-15(16(21)10-13)18(24)23-22-11-12-3-6-14(7-4-12)27-19(25)17-2-1-9-26-17/h1-11H,(H,23,24)/b22-11-. The second kappa shape index (κ2) is 8.53. The van der Waals surface area contributed by atoms with Crippen molar-refractivity contribution >= 4 is 41.3 Å². The number of nitrogens with one attached hydrogen (secondary N) is 1. The number of hydrazone groups is 1. The predicted octanol–water partition coefficient (Wildman–Crippen LogP) is 4.57. The maximum absolute atomic E-state index is 12.0. The van der Waals surface area contributed by atoms with Gasteiger partial charge in [0.05, 0.1) is 23.1 Å². The first-order valence-electron chi connectivity index (χ1n) is 7.67. The summed E-state index contributed by atoms with van der Waals surface area (Å²) >= 11 is 11.8. The molecule has 0 saturated carbocycles. The van der Waals surface area contributed by atoms with Gasteiger partial charge >= 0.3 is 5.97 Å². The Morgan fingerprint density at radius 2 is 1.85 bits per heavy atom. The van der Waals surface area contributed by atoms with E-state index in [1.54, 1.807) is 36.4 Å². The molecular weight excluding hydrogens is 391 g/mol. The Morgan fingerprint density at radius 1 is 1.07 bits per heavy atom. The number of carbonyl (C=O) groups excluding carboxylic acids is 2. The van der Waals surface area contributed by atoms with Gasteiger partial charge in [-0.1, -0.05) is 23.2 Å². The predicted molar refractivity (Wildman–Crippen MR) is 102 cm³/mol. The Balaban J connectivity index is 1.57. The zero-order valence-corrected chi connectivity index (χ0v) is 15.2. The van der Waals surface area contributed by atoms with Crippen LogP contribution in [-0.2, 0) is 0 Å². The molecule has 2 aromatic carbocycles. The summed E-state index contributed by atoms with van der Waals surface area (Å²) in [4.78, 5) is 23.8. The molecule has 0 spiro atoms. The number of nitrogens with zero attached hydrogens (tertiary/aromatic N) is 1. The van der Waals surface area contributed by atoms with E-state index in [1.165, 1.54) is 30.7 Å². The Morgan fingerprint density at radius 3 is 2.52 bits per heavy atom. The van der Waals surface area contributed by atoms with Crippen LogP contribution in [0, 0.1) is 0 Å². The Labute approximate surface area is 164 Å². The molecule has 0 atom stereocenters. The minimum absolute atomic E-state index is 0.115. The molecule has 3 rings (SSSR count). The van der Waals surface area contributed by atoms with Crippen LogP contribution >= 0.6 is 23.2 Å². The van der Waals surface area contributed by atoms with E-state index in [1.807, 2.05) is 0 Å². The van der Waals surface area contributed by atoms with Crippen molar-refractivity contribution in [1.82, 2.24) is 5.43 Å². The van der Waals surface area contributed by atoms with Crippen LogP contribution in [0.15, 0.2) is 70.4 Å². The molecule has 1 heterocycles. The number of rotatable bonds is 5. The third kappa shape index (κ3) is 4.97. The number of furan rings is 1. The van der Waals surface area contributed by atoms with Crippen LogP contribution in [0.5, 0.6) is 5.75 Å². The molecule has 136 valence electrons. The fourth-order valence-electron chi connectivity index (χ4n) is 2.07. The number of hydrogen-bond donors (Lipinski definition) is 1. The summed E-state index contributed by atoms with van der Waals surface area (Å²) in [7, 11) is 0. The van der Waals surface area contributed by atoms with E-state index < -0.39 is 11.9 Å². The molecule has 0 aliphatic carbocycles. The van der Waals surface area contributed by atoms with Gasteiger partial charge in [0.15, 0.2) is 0 Å². The van der Waals surface area contributed by atoms with Crippen LogP contribution in [0.3, 0.4) is 0 Å². The highest BCUT2D eigenvalue weighted by Crippen LogP contribution is 2.20. The molecule has 1 N–H and O–H groups in total. The van der Waals surface area contributed by atoms with Gasteiger partial charge in [-0.3, -0.25) is 4.79 Å². The van der Waals surface area contributed by atoms with Gasteiger partial charge in [0.1, 0.15) is 5.75 Å². The van der Waals surface area contributed by atoms with Gasteiger partial charge in [0, 0.05) is 5.02 Å². The molecule has 0 bridgehead atoms. The maximum Gasteiger partial charge on any atom is 0.379 e. The average Bonchev–Trinajstić information content (AvgIpc) is 3.18. The molecule has 3 aromatic rings. The first-order chi connectivity index (χ1) is 13.0. The van der Waals surface area contributed by atoms with Crippen LogP contribution < -0.4 is 10.2 Å². The monoisotopic (exact) mass is 402 g/mol. The number of amides is 1. The average molecular weight is 403 g/mol. The topological polar surface area (TPSA) is 80.9 Å². The van der Waals surface area contributed by atoms with Gasteiger partial charge in [-0.25, -0.2) is 10.2 Å². The molecule has 0 fully saturated rings. The zero-order valence-electron chi connectivity index (χ0n) is 13.7.